The highest BCUT2D eigenvalue weighted by Gasteiger charge is 2.28. The molecule has 11 nitrogen and oxygen atoms in total. The molecule has 0 saturated heterocycles. The highest BCUT2D eigenvalue weighted by Crippen LogP contribution is 2.43. The number of aliphatic carboxylic acids is 1. The number of aliphatic hydroxyl groups excluding tert-OH is 1. The maximum atomic E-state index is 12.4. The Hall–Kier alpha value is -1.52. The maximum Gasteiger partial charge on any atom is 0.472 e. The summed E-state index contributed by atoms with van der Waals surface area (Å²) in [6.07, 6.45) is 51.3. The van der Waals surface area contributed by atoms with Crippen LogP contribution in [0.2, 0.25) is 0 Å². The van der Waals surface area contributed by atoms with Crippen LogP contribution in [0.3, 0.4) is 0 Å². The highest BCUT2D eigenvalue weighted by atomic mass is 31.2. The molecule has 0 aliphatic carbocycles. The van der Waals surface area contributed by atoms with Crippen LogP contribution in [0.5, 0.6) is 0 Å². The molecular formula is C53H104NO10P. The summed E-state index contributed by atoms with van der Waals surface area (Å²) in [5, 5.41) is 22.0. The lowest BCUT2D eigenvalue weighted by molar-refractivity contribution is -0.147. The van der Waals surface area contributed by atoms with Crippen LogP contribution in [0.25, 0.3) is 0 Å². The number of amides is 1. The third-order valence-electron chi connectivity index (χ3n) is 12.6. The molecule has 0 aromatic rings. The van der Waals surface area contributed by atoms with Gasteiger partial charge in [0, 0.05) is 12.8 Å². The van der Waals surface area contributed by atoms with Gasteiger partial charge in [0.1, 0.15) is 12.7 Å². The lowest BCUT2D eigenvalue weighted by Crippen LogP contribution is -2.43. The van der Waals surface area contributed by atoms with Crippen LogP contribution in [-0.2, 0) is 32.7 Å². The zero-order valence-electron chi connectivity index (χ0n) is 42.3. The maximum absolute atomic E-state index is 12.4. The number of carbonyl (C=O) groups is 3. The first-order chi connectivity index (χ1) is 31.6. The Morgan fingerprint density at radius 1 is 0.431 bits per heavy atom. The van der Waals surface area contributed by atoms with Gasteiger partial charge in [-0.3, -0.25) is 18.6 Å². The van der Waals surface area contributed by atoms with E-state index in [4.69, 9.17) is 13.8 Å². The molecule has 0 rings (SSSR count). The Bertz CT molecular complexity index is 1110. The molecule has 0 bridgehead atoms. The number of rotatable bonds is 53. The van der Waals surface area contributed by atoms with E-state index in [2.05, 4.69) is 19.2 Å². The lowest BCUT2D eigenvalue weighted by atomic mass is 10.0. The van der Waals surface area contributed by atoms with Gasteiger partial charge in [-0.05, 0) is 12.8 Å². The SMILES string of the molecule is CCCCCCCCCCCCCCCCCCCCCCCCCCC(=O)OCC(O)COP(=O)(O)OCC(NC(=O)CCCCCCCCCCCCCCCCCCC)C(=O)O. The zero-order chi connectivity index (χ0) is 47.7. The number of carboxylic acid groups (broad SMARTS) is 1. The average molecular weight is 946 g/mol. The summed E-state index contributed by atoms with van der Waals surface area (Å²) in [5.74, 6) is -2.34. The normalized spacial score (nSPS) is 13.4. The van der Waals surface area contributed by atoms with E-state index in [1.807, 2.05) is 0 Å². The number of phosphoric acid groups is 1. The topological polar surface area (TPSA) is 169 Å². The summed E-state index contributed by atoms with van der Waals surface area (Å²) in [6, 6.07) is -1.54. The second-order valence-electron chi connectivity index (χ2n) is 19.1. The van der Waals surface area contributed by atoms with Crippen molar-refractivity contribution in [3.05, 3.63) is 0 Å². The van der Waals surface area contributed by atoms with Crippen molar-refractivity contribution >= 4 is 25.7 Å². The molecule has 0 fully saturated rings. The van der Waals surface area contributed by atoms with Crippen molar-refractivity contribution in [1.29, 1.82) is 0 Å². The minimum Gasteiger partial charge on any atom is -0.480 e. The van der Waals surface area contributed by atoms with Crippen LogP contribution in [0.1, 0.15) is 290 Å². The molecule has 0 spiro atoms. The number of phosphoric ester groups is 1. The van der Waals surface area contributed by atoms with Crippen LogP contribution in [-0.4, -0.2) is 64.9 Å². The number of aliphatic hydroxyl groups is 1. The number of unbranched alkanes of at least 4 members (excludes halogenated alkanes) is 39. The Morgan fingerprint density at radius 2 is 0.708 bits per heavy atom. The van der Waals surface area contributed by atoms with Gasteiger partial charge >= 0.3 is 19.8 Å². The molecule has 0 aromatic heterocycles. The quantitative estimate of drug-likeness (QED) is 0.0262. The van der Waals surface area contributed by atoms with Crippen molar-refractivity contribution in [3.8, 4) is 0 Å². The molecule has 0 saturated carbocycles. The summed E-state index contributed by atoms with van der Waals surface area (Å²) >= 11 is 0. The number of ether oxygens (including phenoxy) is 1. The van der Waals surface area contributed by atoms with E-state index in [1.54, 1.807) is 0 Å². The fourth-order valence-corrected chi connectivity index (χ4v) is 9.15. The van der Waals surface area contributed by atoms with E-state index in [0.29, 0.717) is 12.8 Å². The Balaban J connectivity index is 3.72. The minimum absolute atomic E-state index is 0.153. The van der Waals surface area contributed by atoms with E-state index in [9.17, 15) is 34.1 Å². The monoisotopic (exact) mass is 946 g/mol. The fourth-order valence-electron chi connectivity index (χ4n) is 8.38. The van der Waals surface area contributed by atoms with E-state index in [-0.39, 0.29) is 12.8 Å². The predicted octanol–water partition coefficient (Wildman–Crippen LogP) is 15.4. The minimum atomic E-state index is -4.76. The first-order valence-electron chi connectivity index (χ1n) is 27.6. The Labute approximate surface area is 399 Å². The summed E-state index contributed by atoms with van der Waals surface area (Å²) in [5.41, 5.74) is 0. The van der Waals surface area contributed by atoms with Gasteiger partial charge in [0.2, 0.25) is 5.91 Å². The second-order valence-corrected chi connectivity index (χ2v) is 20.6. The smallest absolute Gasteiger partial charge is 0.472 e. The van der Waals surface area contributed by atoms with Crippen molar-refractivity contribution < 1.29 is 47.8 Å². The van der Waals surface area contributed by atoms with E-state index < -0.39 is 57.6 Å². The van der Waals surface area contributed by atoms with Crippen LogP contribution in [0, 0.1) is 0 Å². The molecule has 3 unspecified atom stereocenters. The summed E-state index contributed by atoms with van der Waals surface area (Å²) < 4.78 is 27.0. The van der Waals surface area contributed by atoms with Gasteiger partial charge in [0.25, 0.3) is 0 Å². The van der Waals surface area contributed by atoms with Crippen LogP contribution >= 0.6 is 7.82 Å². The van der Waals surface area contributed by atoms with Crippen LogP contribution in [0.4, 0.5) is 0 Å². The van der Waals surface area contributed by atoms with Crippen LogP contribution in [0.15, 0.2) is 0 Å². The van der Waals surface area contributed by atoms with E-state index in [1.165, 1.54) is 212 Å². The summed E-state index contributed by atoms with van der Waals surface area (Å²) in [6.45, 7) is 2.67. The largest absolute Gasteiger partial charge is 0.480 e. The predicted molar refractivity (Wildman–Crippen MR) is 268 cm³/mol. The molecule has 12 heteroatoms. The fraction of sp³-hybridized carbons (Fsp3) is 0.943. The lowest BCUT2D eigenvalue weighted by Gasteiger charge is -2.18. The van der Waals surface area contributed by atoms with Crippen molar-refractivity contribution in [2.45, 2.75) is 302 Å². The van der Waals surface area contributed by atoms with Gasteiger partial charge in [-0.15, -0.1) is 0 Å². The van der Waals surface area contributed by atoms with Gasteiger partial charge in [-0.25, -0.2) is 9.36 Å². The van der Waals surface area contributed by atoms with Gasteiger partial charge in [-0.1, -0.05) is 264 Å². The second kappa shape index (κ2) is 48.9. The third kappa shape index (κ3) is 48.7. The number of hydrogen-bond acceptors (Lipinski definition) is 8. The zero-order valence-corrected chi connectivity index (χ0v) is 43.2. The van der Waals surface area contributed by atoms with Crippen molar-refractivity contribution in [2.75, 3.05) is 19.8 Å². The van der Waals surface area contributed by atoms with Gasteiger partial charge in [0.05, 0.1) is 13.2 Å². The first kappa shape index (κ1) is 63.5. The standard InChI is InChI=1S/C53H104NO10P/c1-3-5-7-9-11-13-15-17-19-21-22-23-24-25-26-27-29-31-33-35-37-39-41-43-45-52(57)62-46-49(55)47-63-65(60,61)64-48-50(53(58)59)54-51(56)44-42-40-38-36-34-32-30-28-20-18-16-14-12-10-8-6-4-2/h49-50,55H,3-48H2,1-2H3,(H,54,56)(H,58,59)(H,60,61). The number of hydrogen-bond donors (Lipinski definition) is 4. The third-order valence-corrected chi connectivity index (χ3v) is 13.6. The van der Waals surface area contributed by atoms with E-state index in [0.717, 1.165) is 38.5 Å². The number of carbonyl (C=O) groups excluding carboxylic acids is 2. The molecular weight excluding hydrogens is 842 g/mol. The molecule has 65 heavy (non-hydrogen) atoms. The summed E-state index contributed by atoms with van der Waals surface area (Å²) in [7, 11) is -4.76. The Kier molecular flexibility index (Phi) is 47.8. The van der Waals surface area contributed by atoms with Crippen molar-refractivity contribution in [1.82, 2.24) is 5.32 Å². The van der Waals surface area contributed by atoms with Gasteiger partial charge in [-0.2, -0.15) is 0 Å². The molecule has 386 valence electrons. The molecule has 0 aliphatic heterocycles. The highest BCUT2D eigenvalue weighted by molar-refractivity contribution is 7.47. The molecule has 0 heterocycles. The molecule has 0 radical (unpaired) electrons. The first-order valence-corrected chi connectivity index (χ1v) is 29.1. The Morgan fingerprint density at radius 3 is 1.02 bits per heavy atom. The van der Waals surface area contributed by atoms with Gasteiger partial charge < -0.3 is 25.2 Å². The van der Waals surface area contributed by atoms with Crippen molar-refractivity contribution in [2.24, 2.45) is 0 Å². The molecule has 0 aliphatic rings. The molecule has 4 N–H and O–H groups in total. The summed E-state index contributed by atoms with van der Waals surface area (Å²) in [4.78, 5) is 46.2. The number of carboxylic acids is 1. The average Bonchev–Trinajstić information content (AvgIpc) is 3.28. The van der Waals surface area contributed by atoms with E-state index >= 15 is 0 Å². The number of nitrogens with one attached hydrogen (secondary N) is 1. The van der Waals surface area contributed by atoms with Gasteiger partial charge in [0.15, 0.2) is 6.04 Å². The molecule has 1 amide bonds. The number of esters is 1. The van der Waals surface area contributed by atoms with Crippen molar-refractivity contribution in [3.63, 3.8) is 0 Å². The van der Waals surface area contributed by atoms with Crippen LogP contribution < -0.4 is 5.32 Å². The molecule has 3 atom stereocenters. The molecule has 0 aromatic carbocycles.